The second kappa shape index (κ2) is 4.81. The first kappa shape index (κ1) is 9.98. The lowest BCUT2D eigenvalue weighted by atomic mass is 9.93. The Balaban J connectivity index is 2.00. The van der Waals surface area contributed by atoms with Crippen LogP contribution in [0.1, 0.15) is 19.3 Å². The fraction of sp³-hybridized carbons (Fsp3) is 0.750. The molecule has 0 aliphatic heterocycles. The number of rotatable bonds is 5. The van der Waals surface area contributed by atoms with Gasteiger partial charge in [-0.3, -0.25) is 4.79 Å². The van der Waals surface area contributed by atoms with Crippen LogP contribution in [0.25, 0.3) is 0 Å². The van der Waals surface area contributed by atoms with Crippen LogP contribution in [-0.2, 0) is 14.3 Å². The monoisotopic (exact) mass is 187 g/mol. The zero-order chi connectivity index (χ0) is 9.68. The van der Waals surface area contributed by atoms with E-state index in [0.29, 0.717) is 0 Å². The molecule has 1 amide bonds. The Morgan fingerprint density at radius 2 is 2.08 bits per heavy atom. The van der Waals surface area contributed by atoms with Crippen molar-refractivity contribution in [3.63, 3.8) is 0 Å². The largest absolute Gasteiger partial charge is 0.480 e. The highest BCUT2D eigenvalue weighted by molar-refractivity contribution is 5.78. The van der Waals surface area contributed by atoms with Crippen molar-refractivity contribution in [2.45, 2.75) is 25.3 Å². The molecule has 0 aromatic rings. The number of carbonyl (C=O) groups is 2. The van der Waals surface area contributed by atoms with Gasteiger partial charge in [0, 0.05) is 6.04 Å². The number of carbonyl (C=O) groups excluding carboxylic acids is 1. The van der Waals surface area contributed by atoms with Crippen molar-refractivity contribution in [2.24, 2.45) is 0 Å². The van der Waals surface area contributed by atoms with Gasteiger partial charge in [-0.2, -0.15) is 0 Å². The zero-order valence-corrected chi connectivity index (χ0v) is 7.28. The summed E-state index contributed by atoms with van der Waals surface area (Å²) < 4.78 is 4.61. The Morgan fingerprint density at radius 3 is 2.54 bits per heavy atom. The van der Waals surface area contributed by atoms with E-state index in [1.165, 1.54) is 0 Å². The molecule has 0 saturated heterocycles. The third-order valence-corrected chi connectivity index (χ3v) is 1.93. The molecule has 5 heteroatoms. The van der Waals surface area contributed by atoms with E-state index in [0.717, 1.165) is 19.3 Å². The van der Waals surface area contributed by atoms with E-state index in [4.69, 9.17) is 5.11 Å². The van der Waals surface area contributed by atoms with Crippen LogP contribution in [0.2, 0.25) is 0 Å². The number of carboxylic acids is 1. The molecule has 1 rings (SSSR count). The summed E-state index contributed by atoms with van der Waals surface area (Å²) in [5.41, 5.74) is 0. The van der Waals surface area contributed by atoms with Gasteiger partial charge in [-0.1, -0.05) is 0 Å². The Hall–Kier alpha value is -1.10. The maximum absolute atomic E-state index is 11.0. The molecule has 0 atom stereocenters. The van der Waals surface area contributed by atoms with Crippen LogP contribution in [0.3, 0.4) is 0 Å². The fourth-order valence-corrected chi connectivity index (χ4v) is 1.05. The van der Waals surface area contributed by atoms with Gasteiger partial charge in [-0.25, -0.2) is 4.79 Å². The molecule has 5 nitrogen and oxygen atoms in total. The van der Waals surface area contributed by atoms with Gasteiger partial charge in [0.25, 0.3) is 0 Å². The summed E-state index contributed by atoms with van der Waals surface area (Å²) in [7, 11) is 0. The van der Waals surface area contributed by atoms with Crippen molar-refractivity contribution < 1.29 is 19.4 Å². The number of aliphatic carboxylic acids is 1. The minimum atomic E-state index is -1.06. The van der Waals surface area contributed by atoms with Crippen molar-refractivity contribution in [3.8, 4) is 0 Å². The van der Waals surface area contributed by atoms with Gasteiger partial charge >= 0.3 is 5.97 Å². The van der Waals surface area contributed by atoms with E-state index in [-0.39, 0.29) is 18.6 Å². The molecular weight excluding hydrogens is 174 g/mol. The summed E-state index contributed by atoms with van der Waals surface area (Å²) in [4.78, 5) is 21.0. The molecule has 2 N–H and O–H groups in total. The molecule has 1 fully saturated rings. The predicted molar refractivity (Wildman–Crippen MR) is 44.2 cm³/mol. The highest BCUT2D eigenvalue weighted by Gasteiger charge is 2.19. The van der Waals surface area contributed by atoms with Crippen molar-refractivity contribution in [2.75, 3.05) is 13.2 Å². The molecule has 74 valence electrons. The number of ether oxygens (including phenoxy) is 1. The number of hydrogen-bond donors (Lipinski definition) is 2. The second-order valence-electron chi connectivity index (χ2n) is 3.08. The normalized spacial score (nSPS) is 16.3. The van der Waals surface area contributed by atoms with E-state index in [1.807, 2.05) is 0 Å². The van der Waals surface area contributed by atoms with Crippen LogP contribution in [0.4, 0.5) is 0 Å². The Bertz CT molecular complexity index is 200. The number of hydrogen-bond acceptors (Lipinski definition) is 3. The Kier molecular flexibility index (Phi) is 3.70. The summed E-state index contributed by atoms with van der Waals surface area (Å²) in [5.74, 6) is -1.29. The maximum Gasteiger partial charge on any atom is 0.329 e. The minimum absolute atomic E-state index is 0.164. The predicted octanol–water partition coefficient (Wildman–Crippen LogP) is -0.244. The van der Waals surface area contributed by atoms with E-state index in [9.17, 15) is 9.59 Å². The quantitative estimate of drug-likeness (QED) is 0.622. The Morgan fingerprint density at radius 1 is 1.38 bits per heavy atom. The lowest BCUT2D eigenvalue weighted by Gasteiger charge is -2.26. The van der Waals surface area contributed by atoms with Crippen molar-refractivity contribution in [3.05, 3.63) is 0 Å². The van der Waals surface area contributed by atoms with Crippen molar-refractivity contribution in [1.82, 2.24) is 5.32 Å². The van der Waals surface area contributed by atoms with E-state index in [1.54, 1.807) is 0 Å². The molecule has 0 radical (unpaired) electrons. The Labute approximate surface area is 76.1 Å². The van der Waals surface area contributed by atoms with Crippen molar-refractivity contribution in [1.29, 1.82) is 0 Å². The van der Waals surface area contributed by atoms with Crippen LogP contribution >= 0.6 is 0 Å². The van der Waals surface area contributed by atoms with Gasteiger partial charge in [0.1, 0.15) is 13.2 Å². The summed E-state index contributed by atoms with van der Waals surface area (Å²) in [5, 5.41) is 10.9. The third kappa shape index (κ3) is 3.89. The lowest BCUT2D eigenvalue weighted by molar-refractivity contribution is -0.143. The maximum atomic E-state index is 11.0. The van der Waals surface area contributed by atoms with Crippen LogP contribution in [0.5, 0.6) is 0 Å². The smallest absolute Gasteiger partial charge is 0.329 e. The lowest BCUT2D eigenvalue weighted by Crippen LogP contribution is -2.41. The molecule has 0 spiro atoms. The molecule has 0 unspecified atom stereocenters. The molecule has 13 heavy (non-hydrogen) atoms. The highest BCUT2D eigenvalue weighted by Crippen LogP contribution is 2.17. The minimum Gasteiger partial charge on any atom is -0.480 e. The molecular formula is C8H13NO4. The van der Waals surface area contributed by atoms with Gasteiger partial charge in [0.15, 0.2) is 0 Å². The van der Waals surface area contributed by atoms with E-state index < -0.39 is 12.6 Å². The first-order valence-corrected chi connectivity index (χ1v) is 4.27. The average Bonchev–Trinajstić information content (AvgIpc) is 1.96. The first-order chi connectivity index (χ1) is 6.18. The standard InChI is InChI=1S/C8H13NO4/c10-7(4-13-5-8(11)12)9-6-2-1-3-6/h6H,1-5H2,(H,9,10)(H,11,12). The zero-order valence-electron chi connectivity index (χ0n) is 7.28. The summed E-state index contributed by atoms with van der Waals surface area (Å²) in [6.45, 7) is -0.582. The molecule has 1 aliphatic rings. The van der Waals surface area contributed by atoms with E-state index >= 15 is 0 Å². The number of nitrogens with one attached hydrogen (secondary N) is 1. The van der Waals surface area contributed by atoms with Crippen molar-refractivity contribution >= 4 is 11.9 Å². The van der Waals surface area contributed by atoms with Crippen LogP contribution < -0.4 is 5.32 Å². The molecule has 1 saturated carbocycles. The summed E-state index contributed by atoms with van der Waals surface area (Å²) in [6.07, 6.45) is 3.19. The molecule has 1 aliphatic carbocycles. The van der Waals surface area contributed by atoms with E-state index in [2.05, 4.69) is 10.1 Å². The van der Waals surface area contributed by atoms with Crippen LogP contribution in [0, 0.1) is 0 Å². The summed E-state index contributed by atoms with van der Waals surface area (Å²) in [6, 6.07) is 0.279. The fourth-order valence-electron chi connectivity index (χ4n) is 1.05. The first-order valence-electron chi connectivity index (χ1n) is 4.27. The molecule has 0 aromatic heterocycles. The van der Waals surface area contributed by atoms with Crippen LogP contribution in [0.15, 0.2) is 0 Å². The van der Waals surface area contributed by atoms with Gasteiger partial charge in [0.05, 0.1) is 0 Å². The molecule has 0 bridgehead atoms. The third-order valence-electron chi connectivity index (χ3n) is 1.93. The molecule has 0 aromatic carbocycles. The highest BCUT2D eigenvalue weighted by atomic mass is 16.5. The average molecular weight is 187 g/mol. The van der Waals surface area contributed by atoms with Gasteiger partial charge in [-0.15, -0.1) is 0 Å². The number of carboxylic acid groups (broad SMARTS) is 1. The number of amides is 1. The van der Waals surface area contributed by atoms with Gasteiger partial charge in [-0.05, 0) is 19.3 Å². The van der Waals surface area contributed by atoms with Gasteiger partial charge in [0.2, 0.25) is 5.91 Å². The molecule has 0 heterocycles. The summed E-state index contributed by atoms with van der Waals surface area (Å²) >= 11 is 0. The van der Waals surface area contributed by atoms with Crippen LogP contribution in [-0.4, -0.2) is 36.2 Å². The SMILES string of the molecule is O=C(O)COCC(=O)NC1CCC1. The van der Waals surface area contributed by atoms with Gasteiger partial charge < -0.3 is 15.2 Å². The topological polar surface area (TPSA) is 75.6 Å². The second-order valence-corrected chi connectivity index (χ2v) is 3.08.